The van der Waals surface area contributed by atoms with E-state index in [1.54, 1.807) is 22.7 Å². The van der Waals surface area contributed by atoms with Gasteiger partial charge in [-0.25, -0.2) is 14.8 Å². The lowest BCUT2D eigenvalue weighted by molar-refractivity contribution is -0.137. The topological polar surface area (TPSA) is 143 Å². The molecule has 14 heteroatoms. The second-order valence-corrected chi connectivity index (χ2v) is 17.3. The van der Waals surface area contributed by atoms with Crippen molar-refractivity contribution in [1.29, 1.82) is 0 Å². The van der Waals surface area contributed by atoms with Gasteiger partial charge in [0.2, 0.25) is 5.91 Å². The second-order valence-electron chi connectivity index (χ2n) is 15.6. The van der Waals surface area contributed by atoms with Gasteiger partial charge in [0.15, 0.2) is 0 Å². The Kier molecular flexibility index (Phi) is 11.3. The highest BCUT2D eigenvalue weighted by Gasteiger charge is 2.39. The number of aliphatic hydroxyl groups is 1. The number of aromatic nitrogens is 4. The number of hydrogen-bond donors (Lipinski definition) is 4. The van der Waals surface area contributed by atoms with E-state index in [2.05, 4.69) is 50.3 Å². The smallest absolute Gasteiger partial charge is 0.407 e. The fourth-order valence-corrected chi connectivity index (χ4v) is 10.9. The zero-order valence-corrected chi connectivity index (χ0v) is 34.6. The van der Waals surface area contributed by atoms with Gasteiger partial charge >= 0.3 is 6.09 Å². The molecule has 0 aliphatic carbocycles. The van der Waals surface area contributed by atoms with Gasteiger partial charge in [-0.1, -0.05) is 68.4 Å². The zero-order chi connectivity index (χ0) is 39.8. The third kappa shape index (κ3) is 7.64. The number of ether oxygens (including phenoxy) is 1. The Morgan fingerprint density at radius 1 is 0.860 bits per heavy atom. The number of nitrogens with one attached hydrogen (secondary N) is 3. The van der Waals surface area contributed by atoms with E-state index >= 15 is 0 Å². The van der Waals surface area contributed by atoms with Crippen LogP contribution in [0.2, 0.25) is 0 Å². The average molecular weight is 807 g/mol. The molecule has 298 valence electrons. The number of carbonyl (C=O) groups is 2. The Hall–Kier alpha value is -4.86. The Balaban J connectivity index is 0.967. The first-order valence-corrected chi connectivity index (χ1v) is 21.4. The molecule has 2 fully saturated rings. The van der Waals surface area contributed by atoms with E-state index < -0.39 is 18.4 Å². The van der Waals surface area contributed by atoms with Crippen molar-refractivity contribution in [3.8, 4) is 33.6 Å². The number of imidazole rings is 2. The predicted octanol–water partition coefficient (Wildman–Crippen LogP) is 8.21. The van der Waals surface area contributed by atoms with Crippen molar-refractivity contribution in [2.45, 2.75) is 69.9 Å². The third-order valence-corrected chi connectivity index (χ3v) is 13.6. The number of alkyl carbamates (subject to hydrolysis) is 1. The number of fused-ring (bicyclic) bond motifs is 1. The van der Waals surface area contributed by atoms with Crippen molar-refractivity contribution in [3.63, 3.8) is 0 Å². The number of aromatic amines is 2. The Morgan fingerprint density at radius 3 is 2.18 bits per heavy atom. The van der Waals surface area contributed by atoms with Crippen LogP contribution in [0, 0.1) is 5.92 Å². The van der Waals surface area contributed by atoms with Crippen molar-refractivity contribution < 1.29 is 19.4 Å². The number of rotatable bonds is 12. The number of aliphatic hydroxyl groups excluding tert-OH is 1. The summed E-state index contributed by atoms with van der Waals surface area (Å²) in [5, 5.41) is 18.7. The van der Waals surface area contributed by atoms with Crippen molar-refractivity contribution in [3.05, 3.63) is 95.0 Å². The molecule has 2 aliphatic heterocycles. The van der Waals surface area contributed by atoms with Gasteiger partial charge in [-0.2, -0.15) is 0 Å². The molecule has 57 heavy (non-hydrogen) atoms. The monoisotopic (exact) mass is 806 g/mol. The molecule has 0 radical (unpaired) electrons. The lowest BCUT2D eigenvalue weighted by Gasteiger charge is -2.35. The molecule has 5 atom stereocenters. The lowest BCUT2D eigenvalue weighted by atomic mass is 10.0. The van der Waals surface area contributed by atoms with Crippen LogP contribution in [0.5, 0.6) is 0 Å². The van der Waals surface area contributed by atoms with E-state index in [1.165, 1.54) is 22.1 Å². The van der Waals surface area contributed by atoms with Crippen LogP contribution in [0.3, 0.4) is 0 Å². The molecule has 6 aromatic rings. The molecule has 1 unspecified atom stereocenters. The molecule has 8 rings (SSSR count). The van der Waals surface area contributed by atoms with Crippen LogP contribution < -0.4 is 5.32 Å². The fourth-order valence-electron chi connectivity index (χ4n) is 8.49. The minimum Gasteiger partial charge on any atom is -0.453 e. The molecule has 2 aliphatic rings. The normalized spacial score (nSPS) is 19.1. The number of methoxy groups -OCH3 is 1. The summed E-state index contributed by atoms with van der Waals surface area (Å²) in [6, 6.07) is 17.6. The van der Waals surface area contributed by atoms with Gasteiger partial charge in [-0.05, 0) is 62.4 Å². The molecular formula is C43H50N8O4S2. The molecule has 0 spiro atoms. The van der Waals surface area contributed by atoms with Crippen LogP contribution in [0.4, 0.5) is 4.79 Å². The predicted molar refractivity (Wildman–Crippen MR) is 226 cm³/mol. The molecule has 4 aromatic heterocycles. The first-order chi connectivity index (χ1) is 27.6. The Bertz CT molecular complexity index is 2310. The van der Waals surface area contributed by atoms with Crippen LogP contribution in [-0.2, 0) is 9.53 Å². The maximum Gasteiger partial charge on any atom is 0.407 e. The minimum absolute atomic E-state index is 0.00242. The molecular weight excluding hydrogens is 757 g/mol. The van der Waals surface area contributed by atoms with Gasteiger partial charge in [-0.15, -0.1) is 22.7 Å². The average Bonchev–Trinajstić information content (AvgIpc) is 4.06. The number of H-pyrrole nitrogens is 2. The standard InChI is InChI=1S/C43H50N8O4S2/c1-25(2)35(48-43(54)55-5)41(52)50-19-9-13-33(50)40-45-22-32(47-40)30-24-57-37-29(23-56-38(30)37)26-15-17-27(18-16-26)31-21-44-39(46-31)34-14-10-20-51(34)42(53)36(49(3)4)28-11-7-6-8-12-28/h6-8,11-12,15-18,21-25,33-36,41,52H,9-10,13-14,19-20H2,1-5H3,(H,44,46)(H,45,47)(H,48,54)/t33-,34-,35-,36+,41?/m0/s1. The summed E-state index contributed by atoms with van der Waals surface area (Å²) in [6.45, 7) is 5.37. The van der Waals surface area contributed by atoms with E-state index in [0.717, 1.165) is 71.0 Å². The Labute approximate surface area is 340 Å². The largest absolute Gasteiger partial charge is 0.453 e. The number of hydrogen-bond acceptors (Lipinski definition) is 10. The van der Waals surface area contributed by atoms with Crippen LogP contribution in [0.1, 0.15) is 74.9 Å². The summed E-state index contributed by atoms with van der Waals surface area (Å²) in [6.07, 6.45) is 5.94. The van der Waals surface area contributed by atoms with Gasteiger partial charge in [-0.3, -0.25) is 14.6 Å². The summed E-state index contributed by atoms with van der Waals surface area (Å²) in [5.41, 5.74) is 7.36. The minimum atomic E-state index is -0.880. The van der Waals surface area contributed by atoms with Crippen molar-refractivity contribution in [2.75, 3.05) is 34.3 Å². The number of thiophene rings is 2. The van der Waals surface area contributed by atoms with E-state index in [1.807, 2.05) is 85.4 Å². The van der Waals surface area contributed by atoms with Crippen molar-refractivity contribution >= 4 is 44.1 Å². The molecule has 0 saturated carbocycles. The third-order valence-electron chi connectivity index (χ3n) is 11.4. The highest BCUT2D eigenvalue weighted by molar-refractivity contribution is 7.27. The molecule has 2 saturated heterocycles. The summed E-state index contributed by atoms with van der Waals surface area (Å²) in [7, 11) is 5.25. The molecule has 12 nitrogen and oxygen atoms in total. The molecule has 2 amide bonds. The van der Waals surface area contributed by atoms with Gasteiger partial charge < -0.3 is 30.0 Å². The maximum absolute atomic E-state index is 14.0. The van der Waals surface area contributed by atoms with Gasteiger partial charge in [0, 0.05) is 35.0 Å². The highest BCUT2D eigenvalue weighted by Crippen LogP contribution is 2.45. The number of benzene rings is 2. The summed E-state index contributed by atoms with van der Waals surface area (Å²) in [5.74, 6) is 1.74. The van der Waals surface area contributed by atoms with Crippen LogP contribution in [0.25, 0.3) is 43.0 Å². The van der Waals surface area contributed by atoms with E-state index in [9.17, 15) is 14.7 Å². The highest BCUT2D eigenvalue weighted by atomic mass is 32.1. The molecule has 4 N–H and O–H groups in total. The molecule has 6 heterocycles. The number of likely N-dealkylation sites (tertiary alicyclic amines) is 2. The van der Waals surface area contributed by atoms with Crippen LogP contribution in [-0.4, -0.2) is 98.3 Å². The number of amides is 2. The molecule has 0 bridgehead atoms. The van der Waals surface area contributed by atoms with E-state index in [4.69, 9.17) is 14.7 Å². The van der Waals surface area contributed by atoms with Crippen LogP contribution >= 0.6 is 22.7 Å². The van der Waals surface area contributed by atoms with Gasteiger partial charge in [0.1, 0.15) is 23.9 Å². The summed E-state index contributed by atoms with van der Waals surface area (Å²) < 4.78 is 7.26. The number of nitrogens with zero attached hydrogens (tertiary/aromatic N) is 5. The van der Waals surface area contributed by atoms with Crippen molar-refractivity contribution in [2.24, 2.45) is 5.92 Å². The molecule has 2 aromatic carbocycles. The second kappa shape index (κ2) is 16.5. The lowest BCUT2D eigenvalue weighted by Crippen LogP contribution is -2.54. The first-order valence-electron chi connectivity index (χ1n) is 19.6. The SMILES string of the molecule is COC(=O)N[C@@H](C(C)C)C(O)N1CCC[C@H]1c1ncc(-c2csc3c(-c4ccc(-c5cnc([C@@H]6CCCN6C(=O)[C@@H](c6ccccc6)N(C)C)[nH]5)cc4)csc23)[nH]1. The quantitative estimate of drug-likeness (QED) is 0.0970. The summed E-state index contributed by atoms with van der Waals surface area (Å²) in [4.78, 5) is 48.7. The van der Waals surface area contributed by atoms with Crippen LogP contribution in [0.15, 0.2) is 77.8 Å². The first kappa shape index (κ1) is 39.0. The maximum atomic E-state index is 14.0. The number of carbonyl (C=O) groups excluding carboxylic acids is 2. The van der Waals surface area contributed by atoms with E-state index in [-0.39, 0.29) is 30.0 Å². The van der Waals surface area contributed by atoms with Crippen molar-refractivity contribution in [1.82, 2.24) is 40.0 Å². The zero-order valence-electron chi connectivity index (χ0n) is 32.9. The fraction of sp³-hybridized carbons (Fsp3) is 0.395. The van der Waals surface area contributed by atoms with E-state index in [0.29, 0.717) is 13.1 Å². The van der Waals surface area contributed by atoms with Gasteiger partial charge in [0.05, 0.1) is 58.4 Å². The summed E-state index contributed by atoms with van der Waals surface area (Å²) >= 11 is 3.46. The Morgan fingerprint density at radius 2 is 1.47 bits per heavy atom. The number of likely N-dealkylation sites (N-methyl/N-ethyl adjacent to an activating group) is 1. The van der Waals surface area contributed by atoms with Gasteiger partial charge in [0.25, 0.3) is 0 Å².